The number of rotatable bonds is 3. The highest BCUT2D eigenvalue weighted by molar-refractivity contribution is 6.02. The Bertz CT molecular complexity index is 577. The Morgan fingerprint density at radius 3 is 2.62 bits per heavy atom. The Morgan fingerprint density at radius 2 is 2.00 bits per heavy atom. The summed E-state index contributed by atoms with van der Waals surface area (Å²) in [7, 11) is 0. The second kappa shape index (κ2) is 7.59. The van der Waals surface area contributed by atoms with Crippen LogP contribution in [0.1, 0.15) is 43.6 Å². The van der Waals surface area contributed by atoms with Gasteiger partial charge in [-0.3, -0.25) is 5.43 Å². The topological polar surface area (TPSA) is 81.9 Å². The zero-order valence-corrected chi connectivity index (χ0v) is 12.8. The maximum atomic E-state index is 10.9. The van der Waals surface area contributed by atoms with Crippen molar-refractivity contribution in [2.24, 2.45) is 5.10 Å². The van der Waals surface area contributed by atoms with Crippen LogP contribution in [0.2, 0.25) is 0 Å². The smallest absolute Gasteiger partial charge is 0.335 e. The average molecular weight is 290 g/mol. The van der Waals surface area contributed by atoms with E-state index in [0.29, 0.717) is 6.42 Å². The fourth-order valence-corrected chi connectivity index (χ4v) is 1.93. The van der Waals surface area contributed by atoms with Crippen molar-refractivity contribution in [3.63, 3.8) is 0 Å². The predicted molar refractivity (Wildman–Crippen MR) is 83.4 cm³/mol. The second-order valence-corrected chi connectivity index (χ2v) is 4.58. The molecule has 0 amide bonds. The van der Waals surface area contributed by atoms with Crippen molar-refractivity contribution in [1.82, 2.24) is 5.43 Å². The van der Waals surface area contributed by atoms with E-state index < -0.39 is 12.2 Å². The number of hydrogen-bond acceptors (Lipinski definition) is 4. The Labute approximate surface area is 125 Å². The first kappa shape index (κ1) is 16.9. The number of carbonyl (C=O) groups is 1. The van der Waals surface area contributed by atoms with Crippen molar-refractivity contribution in [1.29, 1.82) is 0 Å². The molecule has 1 aromatic rings. The normalized spacial score (nSPS) is 17.4. The lowest BCUT2D eigenvalue weighted by Crippen LogP contribution is -2.32. The Balaban J connectivity index is 0.00000106. The predicted octanol–water partition coefficient (Wildman–Crippen LogP) is 2.57. The van der Waals surface area contributed by atoms with Crippen molar-refractivity contribution in [3.8, 4) is 0 Å². The molecule has 0 saturated heterocycles. The first-order chi connectivity index (χ1) is 9.99. The second-order valence-electron chi connectivity index (χ2n) is 4.58. The molecule has 0 aromatic heterocycles. The van der Waals surface area contributed by atoms with E-state index in [1.54, 1.807) is 18.2 Å². The van der Waals surface area contributed by atoms with Crippen LogP contribution in [0.4, 0.5) is 0 Å². The van der Waals surface area contributed by atoms with Crippen molar-refractivity contribution in [2.45, 2.75) is 40.3 Å². The summed E-state index contributed by atoms with van der Waals surface area (Å²) in [6.07, 6.45) is -0.210. The van der Waals surface area contributed by atoms with Crippen LogP contribution in [-0.2, 0) is 6.42 Å². The van der Waals surface area contributed by atoms with E-state index in [1.165, 1.54) is 0 Å². The molecule has 0 saturated carbocycles. The minimum absolute atomic E-state index is 0.264. The highest BCUT2D eigenvalue weighted by Gasteiger charge is 2.18. The molecule has 1 heterocycles. The molecule has 1 unspecified atom stereocenters. The molecule has 1 aliphatic rings. The molecule has 2 rings (SSSR count). The van der Waals surface area contributed by atoms with E-state index in [-0.39, 0.29) is 5.56 Å². The van der Waals surface area contributed by atoms with Crippen LogP contribution in [0.5, 0.6) is 0 Å². The lowest BCUT2D eigenvalue weighted by atomic mass is 9.97. The molecule has 114 valence electrons. The molecule has 0 bridgehead atoms. The minimum atomic E-state index is -0.940. The van der Waals surface area contributed by atoms with Gasteiger partial charge in [0.25, 0.3) is 0 Å². The van der Waals surface area contributed by atoms with Gasteiger partial charge in [0, 0.05) is 6.42 Å². The van der Waals surface area contributed by atoms with Gasteiger partial charge in [-0.15, -0.1) is 0 Å². The number of hydrazone groups is 1. The summed E-state index contributed by atoms with van der Waals surface area (Å²) >= 11 is 0. The summed E-state index contributed by atoms with van der Waals surface area (Å²) < 4.78 is 0. The van der Waals surface area contributed by atoms with Gasteiger partial charge in [-0.25, -0.2) is 4.79 Å². The summed E-state index contributed by atoms with van der Waals surface area (Å²) in [5.74, 6) is -0.940. The molecule has 1 atom stereocenters. The SMILES string of the molecule is CC.CC1=C(C)C(O)NN=C1Cc1cccc(C(=O)O)c1. The van der Waals surface area contributed by atoms with Crippen LogP contribution in [0.15, 0.2) is 40.5 Å². The van der Waals surface area contributed by atoms with E-state index in [2.05, 4.69) is 10.5 Å². The Kier molecular flexibility index (Phi) is 6.11. The summed E-state index contributed by atoms with van der Waals surface area (Å²) in [6, 6.07) is 6.78. The fourth-order valence-electron chi connectivity index (χ4n) is 1.93. The molecule has 0 spiro atoms. The van der Waals surface area contributed by atoms with Crippen molar-refractivity contribution >= 4 is 11.7 Å². The maximum Gasteiger partial charge on any atom is 0.335 e. The monoisotopic (exact) mass is 290 g/mol. The number of aliphatic hydroxyl groups is 1. The van der Waals surface area contributed by atoms with Crippen LogP contribution in [0.25, 0.3) is 0 Å². The molecule has 21 heavy (non-hydrogen) atoms. The Hall–Kier alpha value is -2.14. The molecule has 5 nitrogen and oxygen atoms in total. The number of benzene rings is 1. The first-order valence-corrected chi connectivity index (χ1v) is 6.99. The third-order valence-corrected chi connectivity index (χ3v) is 3.30. The van der Waals surface area contributed by atoms with Gasteiger partial charge < -0.3 is 10.2 Å². The minimum Gasteiger partial charge on any atom is -0.478 e. The first-order valence-electron chi connectivity index (χ1n) is 6.99. The summed E-state index contributed by atoms with van der Waals surface area (Å²) in [5.41, 5.74) is 6.36. The van der Waals surface area contributed by atoms with Gasteiger partial charge in [0.15, 0.2) is 6.23 Å². The highest BCUT2D eigenvalue weighted by Crippen LogP contribution is 2.17. The van der Waals surface area contributed by atoms with Crippen molar-refractivity contribution in [2.75, 3.05) is 0 Å². The zero-order valence-electron chi connectivity index (χ0n) is 12.8. The lowest BCUT2D eigenvalue weighted by molar-refractivity contribution is 0.0696. The van der Waals surface area contributed by atoms with Gasteiger partial charge >= 0.3 is 5.97 Å². The number of allylic oxidation sites excluding steroid dienone is 1. The van der Waals surface area contributed by atoms with Crippen LogP contribution >= 0.6 is 0 Å². The van der Waals surface area contributed by atoms with Crippen molar-refractivity contribution < 1.29 is 15.0 Å². The fraction of sp³-hybridized carbons (Fsp3) is 0.375. The number of hydrogen-bond donors (Lipinski definition) is 3. The molecule has 5 heteroatoms. The van der Waals surface area contributed by atoms with Crippen LogP contribution in [0.3, 0.4) is 0 Å². The number of nitrogens with one attached hydrogen (secondary N) is 1. The number of nitrogens with zero attached hydrogens (tertiary/aromatic N) is 1. The maximum absolute atomic E-state index is 10.9. The lowest BCUT2D eigenvalue weighted by Gasteiger charge is -2.22. The quantitative estimate of drug-likeness (QED) is 0.799. The highest BCUT2D eigenvalue weighted by atomic mass is 16.4. The van der Waals surface area contributed by atoms with E-state index in [9.17, 15) is 9.90 Å². The largest absolute Gasteiger partial charge is 0.478 e. The van der Waals surface area contributed by atoms with Crippen molar-refractivity contribution in [3.05, 3.63) is 46.5 Å². The summed E-state index contributed by atoms with van der Waals surface area (Å²) in [5, 5.41) is 22.7. The Morgan fingerprint density at radius 1 is 1.33 bits per heavy atom. The molecule has 3 N–H and O–H groups in total. The van der Waals surface area contributed by atoms with Crippen LogP contribution < -0.4 is 5.43 Å². The van der Waals surface area contributed by atoms with E-state index in [4.69, 9.17) is 5.11 Å². The number of carboxylic acids is 1. The third-order valence-electron chi connectivity index (χ3n) is 3.30. The molecular formula is C16H22N2O3. The van der Waals surface area contributed by atoms with Gasteiger partial charge in [-0.2, -0.15) is 5.10 Å². The molecule has 0 aliphatic carbocycles. The average Bonchev–Trinajstić information content (AvgIpc) is 2.50. The third kappa shape index (κ3) is 4.16. The molecular weight excluding hydrogens is 268 g/mol. The van der Waals surface area contributed by atoms with Gasteiger partial charge in [0.05, 0.1) is 11.3 Å². The standard InChI is InChI=1S/C14H16N2O3.C2H6/c1-8-9(2)13(17)16-15-12(8)7-10-4-3-5-11(6-10)14(18)19;1-2/h3-6,13,16-17H,7H2,1-2H3,(H,18,19);1-2H3. The number of aromatic carboxylic acids is 1. The van der Waals surface area contributed by atoms with Gasteiger partial charge in [-0.1, -0.05) is 26.0 Å². The number of carboxylic acid groups (broad SMARTS) is 1. The molecule has 1 aliphatic heterocycles. The molecule has 0 radical (unpaired) electrons. The van der Waals surface area contributed by atoms with Crippen LogP contribution in [0, 0.1) is 0 Å². The van der Waals surface area contributed by atoms with Gasteiger partial charge in [-0.05, 0) is 42.7 Å². The number of aliphatic hydroxyl groups excluding tert-OH is 1. The van der Waals surface area contributed by atoms with Crippen LogP contribution in [-0.4, -0.2) is 28.1 Å². The van der Waals surface area contributed by atoms with E-state index >= 15 is 0 Å². The zero-order chi connectivity index (χ0) is 16.0. The van der Waals surface area contributed by atoms with Gasteiger partial charge in [0.2, 0.25) is 0 Å². The van der Waals surface area contributed by atoms with Gasteiger partial charge in [0.1, 0.15) is 0 Å². The molecule has 1 aromatic carbocycles. The summed E-state index contributed by atoms with van der Waals surface area (Å²) in [4.78, 5) is 10.9. The van der Waals surface area contributed by atoms with E-state index in [0.717, 1.165) is 22.4 Å². The molecule has 0 fully saturated rings. The van der Waals surface area contributed by atoms with E-state index in [1.807, 2.05) is 33.8 Å². The summed E-state index contributed by atoms with van der Waals surface area (Å²) in [6.45, 7) is 7.74.